The Morgan fingerprint density at radius 2 is 1.35 bits per heavy atom. The quantitative estimate of drug-likeness (QED) is 0.101. The van der Waals surface area contributed by atoms with Crippen LogP contribution in [0.3, 0.4) is 0 Å². The van der Waals surface area contributed by atoms with Gasteiger partial charge in [-0.05, 0) is 86.9 Å². The highest BCUT2D eigenvalue weighted by molar-refractivity contribution is 6.07. The van der Waals surface area contributed by atoms with Gasteiger partial charge in [-0.3, -0.25) is 9.59 Å². The van der Waals surface area contributed by atoms with Crippen molar-refractivity contribution in [1.82, 2.24) is 40.4 Å². The Labute approximate surface area is 394 Å². The fourth-order valence-corrected chi connectivity index (χ4v) is 10.4. The first kappa shape index (κ1) is 48.2. The molecule has 68 heavy (non-hydrogen) atoms. The number of imidazole rings is 2. The molecule has 8 atom stereocenters. The van der Waals surface area contributed by atoms with E-state index in [2.05, 4.69) is 44.9 Å². The number of nitrogens with zero attached hydrogens (tertiary/aromatic N) is 4. The Morgan fingerprint density at radius 1 is 0.765 bits per heavy atom. The summed E-state index contributed by atoms with van der Waals surface area (Å²) in [7, 11) is 8.77. The fourth-order valence-electron chi connectivity index (χ4n) is 10.4. The van der Waals surface area contributed by atoms with Crippen molar-refractivity contribution in [1.29, 1.82) is 0 Å². The number of hydrogen-bond donors (Lipinski definition) is 4. The van der Waals surface area contributed by atoms with Gasteiger partial charge in [0.1, 0.15) is 36.1 Å². The molecule has 4 amide bonds. The second-order valence-corrected chi connectivity index (χ2v) is 18.5. The molecule has 5 aromatic rings. The number of fused-ring (bicyclic) bond motifs is 6. The van der Waals surface area contributed by atoms with E-state index in [9.17, 15) is 19.2 Å². The molecule has 19 nitrogen and oxygen atoms in total. The molecule has 3 aliphatic heterocycles. The average molecular weight is 939 g/mol. The number of carbonyl (C=O) groups excluding carboxylic acids is 4. The van der Waals surface area contributed by atoms with Crippen LogP contribution in [0.4, 0.5) is 9.59 Å². The van der Waals surface area contributed by atoms with Gasteiger partial charge in [0.25, 0.3) is 0 Å². The van der Waals surface area contributed by atoms with Crippen molar-refractivity contribution in [3.05, 3.63) is 65.9 Å². The molecule has 0 saturated carbocycles. The molecule has 0 unspecified atom stereocenters. The lowest BCUT2D eigenvalue weighted by Crippen LogP contribution is -2.57. The maximum absolute atomic E-state index is 14.4. The van der Waals surface area contributed by atoms with Crippen molar-refractivity contribution in [3.8, 4) is 28.1 Å². The van der Waals surface area contributed by atoms with Crippen molar-refractivity contribution in [2.24, 2.45) is 11.8 Å². The summed E-state index contributed by atoms with van der Waals surface area (Å²) in [5, 5.41) is 7.19. The van der Waals surface area contributed by atoms with E-state index in [4.69, 9.17) is 43.1 Å². The van der Waals surface area contributed by atoms with Gasteiger partial charge in [-0.25, -0.2) is 19.6 Å². The van der Waals surface area contributed by atoms with E-state index in [0.717, 1.165) is 55.5 Å². The SMILES string of the molecule is COC[C@@H]1CN(C(=O)[C@@H](NC(=O)OC)[C@@H](C)OC)[C@](C)(c2ncc(-c3ccc4c(c3)COc3cc5c(ccc6[nH]c([C@]7(C)C[C@H](COC)CN7C(=O)[C@@H](NC(=O)OC)[C@@H](C)OC)nc65)cc3-4)[nH]2)C1. The lowest BCUT2D eigenvalue weighted by atomic mass is 9.92. The van der Waals surface area contributed by atoms with Crippen LogP contribution in [-0.2, 0) is 55.7 Å². The Morgan fingerprint density at radius 3 is 1.91 bits per heavy atom. The van der Waals surface area contributed by atoms with Crippen LogP contribution in [-0.4, -0.2) is 147 Å². The first-order chi connectivity index (χ1) is 32.6. The molecule has 2 aromatic heterocycles. The summed E-state index contributed by atoms with van der Waals surface area (Å²) in [6, 6.07) is 12.5. The Hall–Kier alpha value is -6.28. The summed E-state index contributed by atoms with van der Waals surface area (Å²) in [4.78, 5) is 74.0. The molecule has 2 saturated heterocycles. The van der Waals surface area contributed by atoms with Gasteiger partial charge in [0.2, 0.25) is 11.8 Å². The summed E-state index contributed by atoms with van der Waals surface area (Å²) in [6.45, 7) is 9.42. The lowest BCUT2D eigenvalue weighted by molar-refractivity contribution is -0.141. The van der Waals surface area contributed by atoms with Crippen LogP contribution in [0.25, 0.3) is 44.2 Å². The van der Waals surface area contributed by atoms with Gasteiger partial charge in [-0.1, -0.05) is 18.2 Å². The van der Waals surface area contributed by atoms with E-state index < -0.39 is 47.6 Å². The molecule has 0 spiro atoms. The lowest BCUT2D eigenvalue weighted by Gasteiger charge is -2.37. The second kappa shape index (κ2) is 19.4. The Bertz CT molecular complexity index is 2700. The maximum Gasteiger partial charge on any atom is 0.407 e. The van der Waals surface area contributed by atoms with Crippen LogP contribution in [0.1, 0.15) is 57.7 Å². The molecule has 364 valence electrons. The summed E-state index contributed by atoms with van der Waals surface area (Å²) in [5.41, 5.74) is 4.47. The minimum absolute atomic E-state index is 0.0128. The average Bonchev–Trinajstić information content (AvgIpc) is 4.16. The van der Waals surface area contributed by atoms with Gasteiger partial charge in [-0.15, -0.1) is 0 Å². The maximum atomic E-state index is 14.4. The third kappa shape index (κ3) is 8.71. The second-order valence-electron chi connectivity index (χ2n) is 18.5. The summed E-state index contributed by atoms with van der Waals surface area (Å²) in [5.74, 6) is 1.35. The zero-order valence-electron chi connectivity index (χ0n) is 40.3. The Balaban J connectivity index is 1.08. The molecule has 2 fully saturated rings. The van der Waals surface area contributed by atoms with Crippen molar-refractivity contribution >= 4 is 45.8 Å². The van der Waals surface area contributed by atoms with Gasteiger partial charge in [0, 0.05) is 64.3 Å². The summed E-state index contributed by atoms with van der Waals surface area (Å²) in [6.07, 6.45) is 0.208. The minimum Gasteiger partial charge on any atom is -0.488 e. The highest BCUT2D eigenvalue weighted by atomic mass is 16.5. The molecule has 5 heterocycles. The molecule has 3 aliphatic rings. The standard InChI is InChI=1S/C49H62N8O11/c1-26(64-7)39(54-46(60)66-9)42(58)56-21-28(23-62-5)18-48(56,3)44-50-20-37(52-44)31-11-13-33-32(15-31)25-68-38-17-34-30(16-35(33)38)12-14-36-41(34)53-45(51-36)49(4)19-29(24-63-6)22-57(49)43(59)40(27(2)65-8)55-47(61)67-10/h11-17,20,26-29,39-40H,18-19,21-25H2,1-10H3,(H,50,52)(H,51,53)(H,54,60)(H,55,61)/t26-,27-,28+,29+,39+,40+,48+,49+/m1/s1. The molecule has 19 heteroatoms. The van der Waals surface area contributed by atoms with Gasteiger partial charge in [-0.2, -0.15) is 0 Å². The molecular weight excluding hydrogens is 877 g/mol. The highest BCUT2D eigenvalue weighted by Gasteiger charge is 2.52. The van der Waals surface area contributed by atoms with Gasteiger partial charge < -0.3 is 63.6 Å². The predicted molar refractivity (Wildman–Crippen MR) is 251 cm³/mol. The number of likely N-dealkylation sites (tertiary alicyclic amines) is 2. The van der Waals surface area contributed by atoms with Crippen molar-refractivity contribution < 1.29 is 52.3 Å². The number of nitrogens with one attached hydrogen (secondary N) is 4. The van der Waals surface area contributed by atoms with Crippen LogP contribution in [0, 0.1) is 11.8 Å². The smallest absolute Gasteiger partial charge is 0.407 e. The van der Waals surface area contributed by atoms with E-state index in [1.165, 1.54) is 28.4 Å². The monoisotopic (exact) mass is 938 g/mol. The Kier molecular flexibility index (Phi) is 13.7. The molecule has 4 N–H and O–H groups in total. The van der Waals surface area contributed by atoms with Crippen LogP contribution in [0.15, 0.2) is 48.7 Å². The van der Waals surface area contributed by atoms with Gasteiger partial charge in [0.05, 0.1) is 73.6 Å². The minimum atomic E-state index is -1.00. The van der Waals surface area contributed by atoms with Crippen molar-refractivity contribution in [2.75, 3.05) is 69.0 Å². The number of alkyl carbamates (subject to hydrolysis) is 2. The number of H-pyrrole nitrogens is 2. The third-order valence-corrected chi connectivity index (χ3v) is 14.2. The summed E-state index contributed by atoms with van der Waals surface area (Å²) >= 11 is 0. The third-order valence-electron chi connectivity index (χ3n) is 14.2. The molecule has 0 radical (unpaired) electrons. The topological polar surface area (TPSA) is 221 Å². The fraction of sp³-hybridized carbons (Fsp3) is 0.510. The van der Waals surface area contributed by atoms with E-state index in [-0.39, 0.29) is 23.7 Å². The molecule has 0 aliphatic carbocycles. The van der Waals surface area contributed by atoms with Crippen molar-refractivity contribution in [2.45, 2.75) is 82.5 Å². The first-order valence-corrected chi connectivity index (χ1v) is 22.8. The number of aromatic nitrogens is 4. The van der Waals surface area contributed by atoms with Crippen LogP contribution < -0.4 is 15.4 Å². The summed E-state index contributed by atoms with van der Waals surface area (Å²) < 4.78 is 38.3. The largest absolute Gasteiger partial charge is 0.488 e. The van der Waals surface area contributed by atoms with E-state index in [0.29, 0.717) is 57.4 Å². The van der Waals surface area contributed by atoms with Crippen LogP contribution in [0.5, 0.6) is 5.75 Å². The number of carbonyl (C=O) groups is 4. The number of methoxy groups -OCH3 is 6. The number of rotatable bonds is 15. The number of hydrogen-bond acceptors (Lipinski definition) is 13. The molecule has 3 aromatic carbocycles. The van der Waals surface area contributed by atoms with E-state index in [1.807, 2.05) is 32.0 Å². The van der Waals surface area contributed by atoms with Crippen LogP contribution >= 0.6 is 0 Å². The highest BCUT2D eigenvalue weighted by Crippen LogP contribution is 2.46. The van der Waals surface area contributed by atoms with E-state index in [1.54, 1.807) is 44.1 Å². The zero-order chi connectivity index (χ0) is 48.7. The zero-order valence-corrected chi connectivity index (χ0v) is 40.3. The van der Waals surface area contributed by atoms with Crippen LogP contribution in [0.2, 0.25) is 0 Å². The predicted octanol–water partition coefficient (Wildman–Crippen LogP) is 5.60. The number of amides is 4. The molecular formula is C49H62N8O11. The first-order valence-electron chi connectivity index (χ1n) is 22.8. The number of ether oxygens (including phenoxy) is 7. The molecule has 8 rings (SSSR count). The van der Waals surface area contributed by atoms with Gasteiger partial charge >= 0.3 is 12.2 Å². The van der Waals surface area contributed by atoms with E-state index >= 15 is 0 Å². The number of benzene rings is 3. The van der Waals surface area contributed by atoms with Gasteiger partial charge in [0.15, 0.2) is 0 Å². The number of aromatic amines is 2. The normalized spacial score (nSPS) is 22.8. The van der Waals surface area contributed by atoms with Crippen molar-refractivity contribution in [3.63, 3.8) is 0 Å². The molecule has 0 bridgehead atoms.